The van der Waals surface area contributed by atoms with E-state index in [4.69, 9.17) is 0 Å². The molecular formula is C8H8OS. The Hall–Kier alpha value is -0.890. The lowest BCUT2D eigenvalue weighted by atomic mass is 10.3. The van der Waals surface area contributed by atoms with Crippen LogP contribution in [0.5, 0.6) is 0 Å². The fourth-order valence-electron chi connectivity index (χ4n) is 0.668. The summed E-state index contributed by atoms with van der Waals surface area (Å²) in [5.74, 6) is 0. The lowest BCUT2D eigenvalue weighted by Gasteiger charge is -1.83. The SMILES string of the molecule is O=C/C=C\Cc1cccs1. The summed E-state index contributed by atoms with van der Waals surface area (Å²) >= 11 is 1.71. The highest BCUT2D eigenvalue weighted by molar-refractivity contribution is 7.09. The van der Waals surface area contributed by atoms with Gasteiger partial charge in [-0.05, 0) is 17.5 Å². The Balaban J connectivity index is 2.41. The fraction of sp³-hybridized carbons (Fsp3) is 0.125. The minimum atomic E-state index is 0.799. The van der Waals surface area contributed by atoms with E-state index >= 15 is 0 Å². The van der Waals surface area contributed by atoms with Gasteiger partial charge in [0.15, 0.2) is 0 Å². The fourth-order valence-corrected chi connectivity index (χ4v) is 1.35. The topological polar surface area (TPSA) is 17.1 Å². The van der Waals surface area contributed by atoms with E-state index < -0.39 is 0 Å². The van der Waals surface area contributed by atoms with Crippen LogP contribution >= 0.6 is 11.3 Å². The van der Waals surface area contributed by atoms with Crippen molar-refractivity contribution in [2.24, 2.45) is 0 Å². The van der Waals surface area contributed by atoms with Crippen molar-refractivity contribution in [3.05, 3.63) is 34.5 Å². The number of aldehydes is 1. The molecule has 0 aromatic carbocycles. The van der Waals surface area contributed by atoms with Crippen LogP contribution in [0.2, 0.25) is 0 Å². The van der Waals surface area contributed by atoms with Crippen molar-refractivity contribution in [1.82, 2.24) is 0 Å². The lowest BCUT2D eigenvalue weighted by molar-refractivity contribution is -0.104. The Morgan fingerprint density at radius 3 is 3.10 bits per heavy atom. The van der Waals surface area contributed by atoms with Gasteiger partial charge >= 0.3 is 0 Å². The van der Waals surface area contributed by atoms with E-state index in [0.717, 1.165) is 12.7 Å². The van der Waals surface area contributed by atoms with Crippen molar-refractivity contribution < 1.29 is 4.79 Å². The summed E-state index contributed by atoms with van der Waals surface area (Å²) in [6.07, 6.45) is 5.06. The normalized spacial score (nSPS) is 10.4. The van der Waals surface area contributed by atoms with Crippen molar-refractivity contribution in [2.45, 2.75) is 6.42 Å². The Bertz CT molecular complexity index is 211. The second-order valence-electron chi connectivity index (χ2n) is 1.85. The maximum Gasteiger partial charge on any atom is 0.142 e. The smallest absolute Gasteiger partial charge is 0.142 e. The highest BCUT2D eigenvalue weighted by atomic mass is 32.1. The summed E-state index contributed by atoms with van der Waals surface area (Å²) in [5, 5.41) is 2.03. The largest absolute Gasteiger partial charge is 0.299 e. The summed E-state index contributed by atoms with van der Waals surface area (Å²) in [7, 11) is 0. The zero-order valence-electron chi connectivity index (χ0n) is 5.49. The third-order valence-electron chi connectivity index (χ3n) is 1.11. The number of rotatable bonds is 3. The van der Waals surface area contributed by atoms with Gasteiger partial charge in [-0.15, -0.1) is 11.3 Å². The molecule has 1 aromatic heterocycles. The molecule has 0 N–H and O–H groups in total. The standard InChI is InChI=1S/C8H8OS/c9-6-2-1-4-8-5-3-7-10-8/h1-3,5-7H,4H2/b2-1-. The van der Waals surface area contributed by atoms with Crippen LogP contribution in [0.3, 0.4) is 0 Å². The van der Waals surface area contributed by atoms with E-state index in [1.54, 1.807) is 11.3 Å². The Labute approximate surface area is 64.0 Å². The first kappa shape index (κ1) is 7.22. The molecule has 1 heterocycles. The number of thiophene rings is 1. The molecule has 0 radical (unpaired) electrons. The highest BCUT2D eigenvalue weighted by Gasteiger charge is 1.86. The summed E-state index contributed by atoms with van der Waals surface area (Å²) < 4.78 is 0. The van der Waals surface area contributed by atoms with Crippen LogP contribution in [0.25, 0.3) is 0 Å². The zero-order valence-corrected chi connectivity index (χ0v) is 6.30. The molecular weight excluding hydrogens is 144 g/mol. The van der Waals surface area contributed by atoms with E-state index in [-0.39, 0.29) is 0 Å². The highest BCUT2D eigenvalue weighted by Crippen LogP contribution is 2.08. The molecule has 0 saturated carbocycles. The van der Waals surface area contributed by atoms with Crippen LogP contribution in [-0.4, -0.2) is 6.29 Å². The molecule has 1 rings (SSSR count). The third-order valence-corrected chi connectivity index (χ3v) is 2.01. The first-order valence-corrected chi connectivity index (χ1v) is 3.94. The molecule has 0 aliphatic carbocycles. The van der Waals surface area contributed by atoms with E-state index in [1.165, 1.54) is 11.0 Å². The van der Waals surface area contributed by atoms with Gasteiger partial charge in [-0.1, -0.05) is 12.1 Å². The van der Waals surface area contributed by atoms with E-state index in [0.29, 0.717) is 0 Å². The minimum absolute atomic E-state index is 0.799. The quantitative estimate of drug-likeness (QED) is 0.478. The van der Waals surface area contributed by atoms with Crippen molar-refractivity contribution in [3.63, 3.8) is 0 Å². The van der Waals surface area contributed by atoms with Gasteiger partial charge < -0.3 is 0 Å². The first-order valence-electron chi connectivity index (χ1n) is 3.06. The van der Waals surface area contributed by atoms with Crippen LogP contribution in [0.1, 0.15) is 4.88 Å². The summed E-state index contributed by atoms with van der Waals surface area (Å²) in [5.41, 5.74) is 0. The summed E-state index contributed by atoms with van der Waals surface area (Å²) in [6.45, 7) is 0. The maximum absolute atomic E-state index is 9.85. The van der Waals surface area contributed by atoms with Gasteiger partial charge in [0.05, 0.1) is 0 Å². The zero-order chi connectivity index (χ0) is 7.23. The van der Waals surface area contributed by atoms with Crippen molar-refractivity contribution >= 4 is 17.6 Å². The number of carbonyl (C=O) groups excluding carboxylic acids is 1. The molecule has 0 aliphatic rings. The average molecular weight is 152 g/mol. The number of allylic oxidation sites excluding steroid dienone is 2. The Morgan fingerprint density at radius 1 is 1.60 bits per heavy atom. The van der Waals surface area contributed by atoms with Crippen LogP contribution < -0.4 is 0 Å². The van der Waals surface area contributed by atoms with Crippen molar-refractivity contribution in [1.29, 1.82) is 0 Å². The molecule has 0 aliphatic heterocycles. The number of hydrogen-bond donors (Lipinski definition) is 0. The average Bonchev–Trinajstić information content (AvgIpc) is 2.41. The predicted molar refractivity (Wildman–Crippen MR) is 43.2 cm³/mol. The molecule has 10 heavy (non-hydrogen) atoms. The van der Waals surface area contributed by atoms with Crippen molar-refractivity contribution in [3.8, 4) is 0 Å². The second-order valence-corrected chi connectivity index (χ2v) is 2.88. The van der Waals surface area contributed by atoms with Crippen LogP contribution in [0, 0.1) is 0 Å². The van der Waals surface area contributed by atoms with E-state index in [2.05, 4.69) is 6.07 Å². The van der Waals surface area contributed by atoms with E-state index in [9.17, 15) is 4.79 Å². The van der Waals surface area contributed by atoms with Gasteiger partial charge in [0.25, 0.3) is 0 Å². The van der Waals surface area contributed by atoms with Gasteiger partial charge in [-0.25, -0.2) is 0 Å². The Morgan fingerprint density at radius 2 is 2.50 bits per heavy atom. The van der Waals surface area contributed by atoms with Gasteiger partial charge in [-0.2, -0.15) is 0 Å². The van der Waals surface area contributed by atoms with E-state index in [1.807, 2.05) is 17.5 Å². The van der Waals surface area contributed by atoms with Crippen LogP contribution in [0.4, 0.5) is 0 Å². The Kier molecular flexibility index (Phi) is 2.90. The molecule has 0 amide bonds. The molecule has 2 heteroatoms. The van der Waals surface area contributed by atoms with Crippen LogP contribution in [-0.2, 0) is 11.2 Å². The maximum atomic E-state index is 9.85. The lowest BCUT2D eigenvalue weighted by Crippen LogP contribution is -1.70. The summed E-state index contributed by atoms with van der Waals surface area (Å²) in [6, 6.07) is 4.06. The van der Waals surface area contributed by atoms with Gasteiger partial charge in [0.1, 0.15) is 6.29 Å². The van der Waals surface area contributed by atoms with Crippen molar-refractivity contribution in [2.75, 3.05) is 0 Å². The minimum Gasteiger partial charge on any atom is -0.299 e. The molecule has 0 bridgehead atoms. The molecule has 0 atom stereocenters. The van der Waals surface area contributed by atoms with Gasteiger partial charge in [0.2, 0.25) is 0 Å². The van der Waals surface area contributed by atoms with Gasteiger partial charge in [-0.3, -0.25) is 4.79 Å². The number of hydrogen-bond acceptors (Lipinski definition) is 2. The monoisotopic (exact) mass is 152 g/mol. The second kappa shape index (κ2) is 4.01. The molecule has 52 valence electrons. The number of carbonyl (C=O) groups is 1. The molecule has 0 saturated heterocycles. The molecule has 0 unspecified atom stereocenters. The molecule has 1 aromatic rings. The molecule has 0 fully saturated rings. The van der Waals surface area contributed by atoms with Gasteiger partial charge in [0, 0.05) is 11.3 Å². The molecule has 1 nitrogen and oxygen atoms in total. The predicted octanol–water partition coefficient (Wildman–Crippen LogP) is 2.05. The van der Waals surface area contributed by atoms with Crippen LogP contribution in [0.15, 0.2) is 29.7 Å². The first-order chi connectivity index (χ1) is 4.93. The molecule has 0 spiro atoms. The summed E-state index contributed by atoms with van der Waals surface area (Å²) in [4.78, 5) is 11.1. The third kappa shape index (κ3) is 2.15.